The van der Waals surface area contributed by atoms with Crippen LogP contribution in [-0.2, 0) is 10.0 Å². The second-order valence-electron chi connectivity index (χ2n) is 4.31. The Morgan fingerprint density at radius 1 is 1.12 bits per heavy atom. The van der Waals surface area contributed by atoms with Gasteiger partial charge in [0, 0.05) is 12.6 Å². The third kappa shape index (κ3) is 8.07. The van der Waals surface area contributed by atoms with Gasteiger partial charge in [0.25, 0.3) is 0 Å². The summed E-state index contributed by atoms with van der Waals surface area (Å²) in [4.78, 5) is 0. The molecule has 0 spiro atoms. The molecule has 2 N–H and O–H groups in total. The van der Waals surface area contributed by atoms with Crippen molar-refractivity contribution in [3.05, 3.63) is 0 Å². The zero-order chi connectivity index (χ0) is 11.1. The molecule has 0 bridgehead atoms. The van der Waals surface area contributed by atoms with Gasteiger partial charge in [-0.05, 0) is 25.8 Å². The van der Waals surface area contributed by atoms with Gasteiger partial charge < -0.3 is 5.32 Å². The van der Waals surface area contributed by atoms with Crippen LogP contribution in [0.1, 0.15) is 46.0 Å². The molecule has 0 aromatic rings. The largest absolute Gasteiger partial charge is 0.314 e. The van der Waals surface area contributed by atoms with Gasteiger partial charge >= 0.3 is 0 Å². The Morgan fingerprint density at radius 2 is 1.75 bits per heavy atom. The van der Waals surface area contributed by atoms with E-state index >= 15 is 0 Å². The Kier molecular flexibility index (Phi) is 7.97. The molecule has 16 heavy (non-hydrogen) atoms. The standard InChI is InChI=1S/C10H22N2O2S.CH4/c1-15(13,14)12-9-5-8-11-10-6-3-2-4-7-10;/h10-12H,2-9H2,1H3;1H4. The zero-order valence-electron chi connectivity index (χ0n) is 9.46. The molecule has 4 nitrogen and oxygen atoms in total. The molecule has 0 aromatic heterocycles. The van der Waals surface area contributed by atoms with Crippen molar-refractivity contribution in [1.82, 2.24) is 10.0 Å². The van der Waals surface area contributed by atoms with Crippen molar-refractivity contribution < 1.29 is 8.42 Å². The smallest absolute Gasteiger partial charge is 0.208 e. The molecule has 0 heterocycles. The SMILES string of the molecule is C.CS(=O)(=O)NCCCNC1CCCCC1. The maximum Gasteiger partial charge on any atom is 0.208 e. The van der Waals surface area contributed by atoms with E-state index in [0.717, 1.165) is 13.0 Å². The lowest BCUT2D eigenvalue weighted by Gasteiger charge is -2.22. The lowest BCUT2D eigenvalue weighted by molar-refractivity contribution is 0.372. The average Bonchev–Trinajstić information content (AvgIpc) is 2.17. The highest BCUT2D eigenvalue weighted by Crippen LogP contribution is 2.16. The van der Waals surface area contributed by atoms with Crippen molar-refractivity contribution in [2.24, 2.45) is 0 Å². The van der Waals surface area contributed by atoms with Gasteiger partial charge in [-0.1, -0.05) is 26.7 Å². The molecule has 1 aliphatic rings. The number of nitrogens with one attached hydrogen (secondary N) is 2. The Hall–Kier alpha value is -0.130. The Bertz CT molecular complexity index is 259. The van der Waals surface area contributed by atoms with Crippen molar-refractivity contribution in [3.63, 3.8) is 0 Å². The fourth-order valence-corrected chi connectivity index (χ4v) is 2.47. The van der Waals surface area contributed by atoms with Crippen LogP contribution in [0, 0.1) is 0 Å². The van der Waals surface area contributed by atoms with E-state index in [1.807, 2.05) is 0 Å². The molecule has 0 atom stereocenters. The molecular formula is C11H26N2O2S. The summed E-state index contributed by atoms with van der Waals surface area (Å²) >= 11 is 0. The highest BCUT2D eigenvalue weighted by atomic mass is 32.2. The number of sulfonamides is 1. The van der Waals surface area contributed by atoms with Gasteiger partial charge in [0.1, 0.15) is 0 Å². The third-order valence-electron chi connectivity index (χ3n) is 2.76. The van der Waals surface area contributed by atoms with E-state index in [0.29, 0.717) is 12.6 Å². The van der Waals surface area contributed by atoms with Crippen molar-refractivity contribution in [2.45, 2.75) is 52.0 Å². The van der Waals surface area contributed by atoms with Crippen molar-refractivity contribution in [2.75, 3.05) is 19.3 Å². The first-order valence-corrected chi connectivity index (χ1v) is 7.65. The molecule has 0 radical (unpaired) electrons. The van der Waals surface area contributed by atoms with E-state index in [2.05, 4.69) is 10.0 Å². The van der Waals surface area contributed by atoms with E-state index < -0.39 is 10.0 Å². The molecular weight excluding hydrogens is 224 g/mol. The van der Waals surface area contributed by atoms with Crippen molar-refractivity contribution >= 4 is 10.0 Å². The maximum absolute atomic E-state index is 10.8. The predicted molar refractivity (Wildman–Crippen MR) is 69.1 cm³/mol. The van der Waals surface area contributed by atoms with Crippen LogP contribution >= 0.6 is 0 Å². The first-order valence-electron chi connectivity index (χ1n) is 5.76. The van der Waals surface area contributed by atoms with E-state index in [1.54, 1.807) is 0 Å². The van der Waals surface area contributed by atoms with Crippen LogP contribution in [0.4, 0.5) is 0 Å². The molecule has 0 aliphatic heterocycles. The van der Waals surface area contributed by atoms with Crippen LogP contribution in [-0.4, -0.2) is 33.8 Å². The topological polar surface area (TPSA) is 58.2 Å². The highest BCUT2D eigenvalue weighted by Gasteiger charge is 2.11. The summed E-state index contributed by atoms with van der Waals surface area (Å²) in [7, 11) is -3.01. The predicted octanol–water partition coefficient (Wildman–Crippen LogP) is 1.48. The fraction of sp³-hybridized carbons (Fsp3) is 1.00. The summed E-state index contributed by atoms with van der Waals surface area (Å²) in [5.74, 6) is 0. The minimum Gasteiger partial charge on any atom is -0.314 e. The summed E-state index contributed by atoms with van der Waals surface area (Å²) in [6, 6.07) is 0.664. The molecule has 1 saturated carbocycles. The number of hydrogen-bond acceptors (Lipinski definition) is 3. The van der Waals surface area contributed by atoms with Crippen molar-refractivity contribution in [1.29, 1.82) is 0 Å². The maximum atomic E-state index is 10.8. The second-order valence-corrected chi connectivity index (χ2v) is 6.14. The summed E-state index contributed by atoms with van der Waals surface area (Å²) in [5.41, 5.74) is 0. The van der Waals surface area contributed by atoms with Gasteiger partial charge in [-0.25, -0.2) is 13.1 Å². The summed E-state index contributed by atoms with van der Waals surface area (Å²) in [5, 5.41) is 3.47. The zero-order valence-corrected chi connectivity index (χ0v) is 10.3. The van der Waals surface area contributed by atoms with Crippen molar-refractivity contribution in [3.8, 4) is 0 Å². The number of hydrogen-bond donors (Lipinski definition) is 2. The third-order valence-corrected chi connectivity index (χ3v) is 3.48. The summed E-state index contributed by atoms with van der Waals surface area (Å²) < 4.78 is 24.0. The van der Waals surface area contributed by atoms with Crippen LogP contribution in [0.15, 0.2) is 0 Å². The van der Waals surface area contributed by atoms with Gasteiger partial charge in [0.05, 0.1) is 6.26 Å². The Balaban J connectivity index is 0.00000225. The summed E-state index contributed by atoms with van der Waals surface area (Å²) in [6.07, 6.45) is 8.65. The first-order chi connectivity index (χ1) is 7.08. The molecule has 0 amide bonds. The second kappa shape index (κ2) is 8.03. The molecule has 0 unspecified atom stereocenters. The first kappa shape index (κ1) is 15.9. The minimum atomic E-state index is -3.01. The van der Waals surface area contributed by atoms with Crippen LogP contribution in [0.2, 0.25) is 0 Å². The van der Waals surface area contributed by atoms with E-state index in [-0.39, 0.29) is 7.43 Å². The molecule has 1 fully saturated rings. The molecule has 98 valence electrons. The number of rotatable bonds is 6. The summed E-state index contributed by atoms with van der Waals surface area (Å²) in [6.45, 7) is 1.45. The van der Waals surface area contributed by atoms with Gasteiger partial charge in [-0.2, -0.15) is 0 Å². The van der Waals surface area contributed by atoms with Crippen LogP contribution < -0.4 is 10.0 Å². The van der Waals surface area contributed by atoms with Crippen LogP contribution in [0.3, 0.4) is 0 Å². The van der Waals surface area contributed by atoms with E-state index in [1.165, 1.54) is 38.4 Å². The van der Waals surface area contributed by atoms with Crippen LogP contribution in [0.25, 0.3) is 0 Å². The molecule has 0 saturated heterocycles. The fourth-order valence-electron chi connectivity index (χ4n) is 1.96. The quantitative estimate of drug-likeness (QED) is 0.702. The average molecular weight is 250 g/mol. The Morgan fingerprint density at radius 3 is 2.31 bits per heavy atom. The normalized spacial score (nSPS) is 18.1. The van der Waals surface area contributed by atoms with Gasteiger partial charge in [-0.3, -0.25) is 0 Å². The molecule has 1 rings (SSSR count). The minimum absolute atomic E-state index is 0. The lowest BCUT2D eigenvalue weighted by atomic mass is 9.95. The highest BCUT2D eigenvalue weighted by molar-refractivity contribution is 7.88. The lowest BCUT2D eigenvalue weighted by Crippen LogP contribution is -2.33. The van der Waals surface area contributed by atoms with Gasteiger partial charge in [-0.15, -0.1) is 0 Å². The van der Waals surface area contributed by atoms with E-state index in [4.69, 9.17) is 0 Å². The van der Waals surface area contributed by atoms with Gasteiger partial charge in [0.15, 0.2) is 0 Å². The van der Waals surface area contributed by atoms with E-state index in [9.17, 15) is 8.42 Å². The van der Waals surface area contributed by atoms with Gasteiger partial charge in [0.2, 0.25) is 10.0 Å². The Labute approximate surface area is 100 Å². The molecule has 1 aliphatic carbocycles. The molecule has 0 aromatic carbocycles. The van der Waals surface area contributed by atoms with Crippen LogP contribution in [0.5, 0.6) is 0 Å². The molecule has 5 heteroatoms. The monoisotopic (exact) mass is 250 g/mol.